The highest BCUT2D eigenvalue weighted by Crippen LogP contribution is 2.36. The highest BCUT2D eigenvalue weighted by molar-refractivity contribution is 5.87. The molecule has 34 heavy (non-hydrogen) atoms. The van der Waals surface area contributed by atoms with E-state index in [1.807, 2.05) is 41.3 Å². The third-order valence-corrected chi connectivity index (χ3v) is 7.43. The Bertz CT molecular complexity index is 912. The summed E-state index contributed by atoms with van der Waals surface area (Å²) in [7, 11) is 0. The fraction of sp³-hybridized carbons (Fsp3) is 0.536. The standard InChI is InChI=1S/C28H38N2O4/c1-2-3-7-16-29(24-10-5-4-6-11-24)28(32)34-27-22-30(18-14-23(27)15-19-30)17-9-20-33-26-13-8-12-25(31)21-26/h4-6,8,10-13,21,23,27H,2-3,7,9,14-20,22H2,1H3/p+1/t23?,27-,30?/m0/s1. The summed E-state index contributed by atoms with van der Waals surface area (Å²) >= 11 is 0. The molecular weight excluding hydrogens is 428 g/mol. The molecule has 2 bridgehead atoms. The molecule has 0 spiro atoms. The van der Waals surface area contributed by atoms with Gasteiger partial charge in [0, 0.05) is 43.5 Å². The van der Waals surface area contributed by atoms with Gasteiger partial charge in [0.15, 0.2) is 6.10 Å². The largest absolute Gasteiger partial charge is 0.508 e. The molecule has 0 aliphatic carbocycles. The lowest BCUT2D eigenvalue weighted by atomic mass is 9.83. The van der Waals surface area contributed by atoms with E-state index in [1.165, 1.54) is 0 Å². The van der Waals surface area contributed by atoms with Crippen LogP contribution in [0.2, 0.25) is 0 Å². The molecule has 3 aliphatic rings. The van der Waals surface area contributed by atoms with Crippen molar-refractivity contribution in [1.82, 2.24) is 0 Å². The Labute approximate surface area is 203 Å². The molecule has 3 heterocycles. The van der Waals surface area contributed by atoms with Gasteiger partial charge in [-0.05, 0) is 30.7 Å². The van der Waals surface area contributed by atoms with Crippen LogP contribution < -0.4 is 9.64 Å². The van der Waals surface area contributed by atoms with Crippen molar-refractivity contribution in [2.45, 2.75) is 51.6 Å². The van der Waals surface area contributed by atoms with Crippen LogP contribution in [0.1, 0.15) is 45.4 Å². The molecule has 2 aromatic rings. The number of rotatable bonds is 11. The van der Waals surface area contributed by atoms with Gasteiger partial charge >= 0.3 is 6.09 Å². The Morgan fingerprint density at radius 3 is 2.59 bits per heavy atom. The minimum atomic E-state index is -0.202. The number of fused-ring (bicyclic) bond motifs is 3. The number of amides is 1. The van der Waals surface area contributed by atoms with Crippen LogP contribution in [0.3, 0.4) is 0 Å². The van der Waals surface area contributed by atoms with Gasteiger partial charge < -0.3 is 19.1 Å². The lowest BCUT2D eigenvalue weighted by Crippen LogP contribution is -2.65. The van der Waals surface area contributed by atoms with Crippen LogP contribution in [0.4, 0.5) is 10.5 Å². The van der Waals surface area contributed by atoms with Crippen molar-refractivity contribution in [2.24, 2.45) is 5.92 Å². The van der Waals surface area contributed by atoms with Crippen LogP contribution in [0.15, 0.2) is 54.6 Å². The van der Waals surface area contributed by atoms with Crippen molar-refractivity contribution in [3.63, 3.8) is 0 Å². The van der Waals surface area contributed by atoms with Crippen LogP contribution in [-0.4, -0.2) is 61.1 Å². The molecule has 1 amide bonds. The van der Waals surface area contributed by atoms with E-state index in [1.54, 1.807) is 18.2 Å². The second kappa shape index (κ2) is 11.6. The SMILES string of the molecule is CCCCCN(C(=O)O[C@H]1C[N+]2(CCCOc3cccc(O)c3)CCC1CC2)c1ccccc1. The van der Waals surface area contributed by atoms with E-state index in [4.69, 9.17) is 9.47 Å². The number of para-hydroxylation sites is 1. The number of aromatic hydroxyl groups is 1. The van der Waals surface area contributed by atoms with E-state index >= 15 is 0 Å². The van der Waals surface area contributed by atoms with E-state index in [-0.39, 0.29) is 17.9 Å². The number of carbonyl (C=O) groups is 1. The summed E-state index contributed by atoms with van der Waals surface area (Å²) in [5, 5.41) is 9.60. The molecular formula is C28H39N2O4+. The number of phenols is 1. The molecule has 3 saturated heterocycles. The van der Waals surface area contributed by atoms with Crippen molar-refractivity contribution in [1.29, 1.82) is 0 Å². The summed E-state index contributed by atoms with van der Waals surface area (Å²) in [5.41, 5.74) is 0.915. The molecule has 2 aromatic carbocycles. The highest BCUT2D eigenvalue weighted by atomic mass is 16.6. The number of anilines is 1. The van der Waals surface area contributed by atoms with Gasteiger partial charge in [-0.2, -0.15) is 0 Å². The van der Waals surface area contributed by atoms with Crippen LogP contribution in [0.25, 0.3) is 0 Å². The van der Waals surface area contributed by atoms with Gasteiger partial charge in [0.2, 0.25) is 0 Å². The summed E-state index contributed by atoms with van der Waals surface area (Å²) in [6.45, 7) is 7.74. The highest BCUT2D eigenvalue weighted by Gasteiger charge is 2.47. The molecule has 0 unspecified atom stereocenters. The maximum Gasteiger partial charge on any atom is 0.414 e. The Hall–Kier alpha value is -2.73. The van der Waals surface area contributed by atoms with Gasteiger partial charge in [0.1, 0.15) is 18.0 Å². The zero-order valence-corrected chi connectivity index (χ0v) is 20.4. The first-order chi connectivity index (χ1) is 16.6. The summed E-state index contributed by atoms with van der Waals surface area (Å²) in [6, 6.07) is 16.9. The second-order valence-corrected chi connectivity index (χ2v) is 9.85. The molecule has 1 N–H and O–H groups in total. The third kappa shape index (κ3) is 6.23. The van der Waals surface area contributed by atoms with Crippen LogP contribution in [0.5, 0.6) is 11.5 Å². The number of piperidine rings is 3. The fourth-order valence-electron chi connectivity index (χ4n) is 5.48. The fourth-order valence-corrected chi connectivity index (χ4v) is 5.48. The number of nitrogens with zero attached hydrogens (tertiary/aromatic N) is 2. The summed E-state index contributed by atoms with van der Waals surface area (Å²) in [6.07, 6.45) is 6.16. The quantitative estimate of drug-likeness (QED) is 0.345. The van der Waals surface area contributed by atoms with Crippen molar-refractivity contribution in [2.75, 3.05) is 44.2 Å². The number of unbranched alkanes of at least 4 members (excludes halogenated alkanes) is 2. The molecule has 6 heteroatoms. The van der Waals surface area contributed by atoms with Gasteiger partial charge in [-0.25, -0.2) is 4.79 Å². The molecule has 0 saturated carbocycles. The Morgan fingerprint density at radius 1 is 1.06 bits per heavy atom. The van der Waals surface area contributed by atoms with Crippen molar-refractivity contribution < 1.29 is 23.9 Å². The van der Waals surface area contributed by atoms with E-state index in [0.717, 1.165) is 74.9 Å². The first-order valence-electron chi connectivity index (χ1n) is 12.9. The van der Waals surface area contributed by atoms with E-state index in [9.17, 15) is 9.90 Å². The Morgan fingerprint density at radius 2 is 1.85 bits per heavy atom. The molecule has 0 radical (unpaired) electrons. The van der Waals surface area contributed by atoms with E-state index < -0.39 is 0 Å². The average molecular weight is 468 g/mol. The molecule has 3 aliphatic heterocycles. The number of benzene rings is 2. The molecule has 3 fully saturated rings. The number of phenolic OH excluding ortho intramolecular Hbond substituents is 1. The molecule has 5 rings (SSSR count). The Kier molecular flexibility index (Phi) is 8.33. The second-order valence-electron chi connectivity index (χ2n) is 9.85. The molecule has 184 valence electrons. The van der Waals surface area contributed by atoms with Gasteiger partial charge in [-0.3, -0.25) is 4.90 Å². The van der Waals surface area contributed by atoms with Gasteiger partial charge in [-0.15, -0.1) is 0 Å². The van der Waals surface area contributed by atoms with Crippen LogP contribution in [-0.2, 0) is 4.74 Å². The number of carbonyl (C=O) groups excluding carboxylic acids is 1. The number of hydrogen-bond donors (Lipinski definition) is 1. The monoisotopic (exact) mass is 467 g/mol. The zero-order valence-electron chi connectivity index (χ0n) is 20.4. The van der Waals surface area contributed by atoms with Crippen molar-refractivity contribution >= 4 is 11.8 Å². The average Bonchev–Trinajstić information content (AvgIpc) is 2.86. The first-order valence-corrected chi connectivity index (χ1v) is 12.9. The van der Waals surface area contributed by atoms with E-state index in [0.29, 0.717) is 24.8 Å². The minimum absolute atomic E-state index is 0.0145. The number of ether oxygens (including phenoxy) is 2. The molecule has 1 atom stereocenters. The molecule has 0 aromatic heterocycles. The minimum Gasteiger partial charge on any atom is -0.508 e. The topological polar surface area (TPSA) is 59.0 Å². The predicted octanol–water partition coefficient (Wildman–Crippen LogP) is 5.60. The van der Waals surface area contributed by atoms with Gasteiger partial charge in [-0.1, -0.05) is 44.0 Å². The maximum absolute atomic E-state index is 13.3. The van der Waals surface area contributed by atoms with Crippen LogP contribution in [0, 0.1) is 5.92 Å². The summed E-state index contributed by atoms with van der Waals surface area (Å²) in [5.74, 6) is 1.40. The van der Waals surface area contributed by atoms with Crippen molar-refractivity contribution in [3.05, 3.63) is 54.6 Å². The Balaban J connectivity index is 1.32. The predicted molar refractivity (Wildman–Crippen MR) is 134 cm³/mol. The maximum atomic E-state index is 13.3. The number of quaternary nitrogens is 1. The van der Waals surface area contributed by atoms with Gasteiger partial charge in [0.05, 0.1) is 26.2 Å². The first kappa shape index (κ1) is 24.4. The lowest BCUT2D eigenvalue weighted by molar-refractivity contribution is -0.946. The third-order valence-electron chi connectivity index (χ3n) is 7.43. The summed E-state index contributed by atoms with van der Waals surface area (Å²) in [4.78, 5) is 15.1. The van der Waals surface area contributed by atoms with E-state index in [2.05, 4.69) is 6.92 Å². The lowest BCUT2D eigenvalue weighted by Gasteiger charge is -2.52. The van der Waals surface area contributed by atoms with Crippen molar-refractivity contribution in [3.8, 4) is 11.5 Å². The number of hydrogen-bond acceptors (Lipinski definition) is 4. The normalized spacial score (nSPS) is 23.4. The van der Waals surface area contributed by atoms with Gasteiger partial charge in [0.25, 0.3) is 0 Å². The van der Waals surface area contributed by atoms with Crippen LogP contribution >= 0.6 is 0 Å². The zero-order chi connectivity index (χ0) is 23.8. The smallest absolute Gasteiger partial charge is 0.414 e. The summed E-state index contributed by atoms with van der Waals surface area (Å²) < 4.78 is 13.0. The molecule has 6 nitrogen and oxygen atoms in total.